The topological polar surface area (TPSA) is 104 Å². The van der Waals surface area contributed by atoms with E-state index in [1.54, 1.807) is 6.07 Å². The minimum Gasteiger partial charge on any atom is -0.507 e. The monoisotopic (exact) mass is 542 g/mol. The second-order valence-corrected chi connectivity index (χ2v) is 6.45. The number of esters is 1. The fraction of sp³-hybridized carbons (Fsp3) is 0.0667. The first-order valence-electron chi connectivity index (χ1n) is 6.05. The third kappa shape index (κ3) is 5.86. The summed E-state index contributed by atoms with van der Waals surface area (Å²) in [7, 11) is 1.32. The number of carbonyl (C=O) groups excluding carboxylic acids is 1. The molecule has 122 valence electrons. The summed E-state index contributed by atoms with van der Waals surface area (Å²) in [4.78, 5) is 21.3. The maximum Gasteiger partial charge on any atom is 0.337 e. The van der Waals surface area contributed by atoms with E-state index in [4.69, 9.17) is 15.3 Å². The minimum atomic E-state index is -0.983. The highest BCUT2D eigenvalue weighted by atomic mass is 127. The molecule has 0 bridgehead atoms. The van der Waals surface area contributed by atoms with Crippen LogP contribution in [0.25, 0.3) is 0 Å². The van der Waals surface area contributed by atoms with Crippen LogP contribution in [0.1, 0.15) is 20.7 Å². The van der Waals surface area contributed by atoms with Crippen LogP contribution >= 0.6 is 45.2 Å². The average molecular weight is 542 g/mol. The number of phenolic OH excluding ortho intramolecular Hbond substituents is 2. The molecule has 0 aliphatic carbocycles. The largest absolute Gasteiger partial charge is 0.507 e. The Hall–Kier alpha value is -1.56. The molecule has 0 radical (unpaired) electrons. The highest BCUT2D eigenvalue weighted by Gasteiger charge is 2.07. The van der Waals surface area contributed by atoms with Crippen LogP contribution in [-0.2, 0) is 4.74 Å². The fourth-order valence-electron chi connectivity index (χ4n) is 1.39. The number of aromatic carboxylic acids is 1. The number of hydrogen-bond donors (Lipinski definition) is 3. The van der Waals surface area contributed by atoms with E-state index in [0.29, 0.717) is 12.7 Å². The van der Waals surface area contributed by atoms with Gasteiger partial charge in [-0.2, -0.15) is 0 Å². The summed E-state index contributed by atoms with van der Waals surface area (Å²) < 4.78 is 5.69. The van der Waals surface area contributed by atoms with Crippen molar-refractivity contribution in [1.29, 1.82) is 0 Å². The van der Waals surface area contributed by atoms with Crippen LogP contribution < -0.4 is 0 Å². The van der Waals surface area contributed by atoms with Gasteiger partial charge in [0.15, 0.2) is 0 Å². The Morgan fingerprint density at radius 3 is 1.74 bits per heavy atom. The second kappa shape index (κ2) is 8.91. The van der Waals surface area contributed by atoms with E-state index in [1.165, 1.54) is 37.4 Å². The Morgan fingerprint density at radius 2 is 1.35 bits per heavy atom. The third-order valence-corrected chi connectivity index (χ3v) is 4.29. The molecule has 0 aromatic heterocycles. The van der Waals surface area contributed by atoms with Gasteiger partial charge < -0.3 is 20.1 Å². The molecule has 2 aromatic rings. The number of halogens is 2. The normalized spacial score (nSPS) is 9.52. The quantitative estimate of drug-likeness (QED) is 0.397. The number of phenols is 2. The van der Waals surface area contributed by atoms with E-state index in [1.807, 2.05) is 45.2 Å². The van der Waals surface area contributed by atoms with Gasteiger partial charge in [0.05, 0.1) is 25.4 Å². The molecule has 3 N–H and O–H groups in total. The lowest BCUT2D eigenvalue weighted by molar-refractivity contribution is 0.0599. The Balaban J connectivity index is 0.000000231. The maximum atomic E-state index is 11.0. The van der Waals surface area contributed by atoms with Crippen LogP contribution in [-0.4, -0.2) is 34.4 Å². The molecule has 0 saturated carbocycles. The van der Waals surface area contributed by atoms with Crippen molar-refractivity contribution in [2.75, 3.05) is 7.11 Å². The molecule has 2 rings (SSSR count). The van der Waals surface area contributed by atoms with Crippen molar-refractivity contribution in [3.05, 3.63) is 54.7 Å². The number of rotatable bonds is 2. The predicted molar refractivity (Wildman–Crippen MR) is 99.9 cm³/mol. The molecule has 8 heteroatoms. The number of aromatic hydroxyl groups is 2. The van der Waals surface area contributed by atoms with E-state index in [0.717, 1.165) is 0 Å². The number of ether oxygens (including phenoxy) is 1. The van der Waals surface area contributed by atoms with Crippen molar-refractivity contribution >= 4 is 57.1 Å². The first-order valence-corrected chi connectivity index (χ1v) is 8.20. The number of carboxylic acids is 1. The molecule has 0 fully saturated rings. The lowest BCUT2D eigenvalue weighted by atomic mass is 10.2. The smallest absolute Gasteiger partial charge is 0.337 e. The number of hydrogen-bond acceptors (Lipinski definition) is 5. The molecule has 0 spiro atoms. The summed E-state index contributed by atoms with van der Waals surface area (Å²) in [5.41, 5.74) is 0.631. The predicted octanol–water partition coefficient (Wildman–Crippen LogP) is 3.48. The van der Waals surface area contributed by atoms with Crippen molar-refractivity contribution in [3.8, 4) is 11.5 Å². The van der Waals surface area contributed by atoms with E-state index >= 15 is 0 Å². The molecule has 0 amide bonds. The molecule has 0 saturated heterocycles. The second-order valence-electron chi connectivity index (χ2n) is 4.13. The van der Waals surface area contributed by atoms with E-state index in [9.17, 15) is 9.59 Å². The summed E-state index contributed by atoms with van der Waals surface area (Å²) in [5.74, 6) is -1.10. The zero-order valence-corrected chi connectivity index (χ0v) is 16.1. The molecular formula is C15H12I2O6. The molecule has 23 heavy (non-hydrogen) atoms. The van der Waals surface area contributed by atoms with Crippen LogP contribution in [0.15, 0.2) is 36.4 Å². The van der Waals surface area contributed by atoms with Crippen LogP contribution in [0.2, 0.25) is 0 Å². The number of carbonyl (C=O) groups is 2. The van der Waals surface area contributed by atoms with Crippen LogP contribution in [0.5, 0.6) is 11.5 Å². The SMILES string of the molecule is COC(=O)c1ccc(O)c(I)c1.O=C(O)c1ccc(O)c(I)c1. The standard InChI is InChI=1S/C8H7IO3.C7H5IO3/c1-12-8(11)5-2-3-7(10)6(9)4-5;8-5-3-4(7(10)11)1-2-6(5)9/h2-4,10H,1H3;1-3,9H,(H,10,11). The van der Waals surface area contributed by atoms with Crippen molar-refractivity contribution in [2.24, 2.45) is 0 Å². The van der Waals surface area contributed by atoms with Gasteiger partial charge >= 0.3 is 11.9 Å². The first-order chi connectivity index (χ1) is 10.8. The zero-order valence-electron chi connectivity index (χ0n) is 11.8. The van der Waals surface area contributed by atoms with Gasteiger partial charge in [-0.25, -0.2) is 9.59 Å². The summed E-state index contributed by atoms with van der Waals surface area (Å²) >= 11 is 3.81. The molecule has 0 heterocycles. The fourth-order valence-corrected chi connectivity index (χ4v) is 2.42. The first kappa shape index (κ1) is 19.5. The Kier molecular flexibility index (Phi) is 7.55. The molecule has 0 atom stereocenters. The molecule has 0 unspecified atom stereocenters. The highest BCUT2D eigenvalue weighted by Crippen LogP contribution is 2.21. The molecular weight excluding hydrogens is 530 g/mol. The van der Waals surface area contributed by atoms with E-state index in [2.05, 4.69) is 4.74 Å². The van der Waals surface area contributed by atoms with Crippen LogP contribution in [0.4, 0.5) is 0 Å². The maximum absolute atomic E-state index is 11.0. The van der Waals surface area contributed by atoms with Gasteiger partial charge in [-0.1, -0.05) is 0 Å². The minimum absolute atomic E-state index is 0.107. The summed E-state index contributed by atoms with van der Waals surface area (Å²) in [6, 6.07) is 8.70. The highest BCUT2D eigenvalue weighted by molar-refractivity contribution is 14.1. The van der Waals surface area contributed by atoms with Crippen LogP contribution in [0.3, 0.4) is 0 Å². The number of methoxy groups -OCH3 is 1. The van der Waals surface area contributed by atoms with Gasteiger partial charge in [0.25, 0.3) is 0 Å². The molecule has 0 aliphatic rings. The van der Waals surface area contributed by atoms with E-state index < -0.39 is 11.9 Å². The van der Waals surface area contributed by atoms with E-state index in [-0.39, 0.29) is 17.1 Å². The molecule has 2 aromatic carbocycles. The van der Waals surface area contributed by atoms with Gasteiger partial charge in [-0.3, -0.25) is 0 Å². The van der Waals surface area contributed by atoms with Gasteiger partial charge in [0.2, 0.25) is 0 Å². The van der Waals surface area contributed by atoms with Crippen molar-refractivity contribution in [3.63, 3.8) is 0 Å². The Bertz CT molecular complexity index is 730. The Labute approximate surface area is 159 Å². The lowest BCUT2D eigenvalue weighted by Crippen LogP contribution is -2.00. The zero-order chi connectivity index (χ0) is 17.6. The summed E-state index contributed by atoms with van der Waals surface area (Å²) in [6.07, 6.45) is 0. The average Bonchev–Trinajstić information content (AvgIpc) is 2.52. The van der Waals surface area contributed by atoms with Gasteiger partial charge in [-0.05, 0) is 81.6 Å². The van der Waals surface area contributed by atoms with Crippen molar-refractivity contribution < 1.29 is 29.6 Å². The van der Waals surface area contributed by atoms with Gasteiger partial charge in [0.1, 0.15) is 11.5 Å². The van der Waals surface area contributed by atoms with Crippen LogP contribution in [0, 0.1) is 7.14 Å². The summed E-state index contributed by atoms with van der Waals surface area (Å²) in [5, 5.41) is 26.7. The summed E-state index contributed by atoms with van der Waals surface area (Å²) in [6.45, 7) is 0. The number of benzene rings is 2. The molecule has 0 aliphatic heterocycles. The third-order valence-electron chi connectivity index (χ3n) is 2.56. The Morgan fingerprint density at radius 1 is 0.913 bits per heavy atom. The van der Waals surface area contributed by atoms with Crippen molar-refractivity contribution in [2.45, 2.75) is 0 Å². The lowest BCUT2D eigenvalue weighted by Gasteiger charge is -2.00. The molecule has 6 nitrogen and oxygen atoms in total. The number of carboxylic acid groups (broad SMARTS) is 1. The van der Waals surface area contributed by atoms with Gasteiger partial charge in [0, 0.05) is 0 Å². The van der Waals surface area contributed by atoms with Gasteiger partial charge in [-0.15, -0.1) is 0 Å². The van der Waals surface area contributed by atoms with Crippen molar-refractivity contribution in [1.82, 2.24) is 0 Å².